The third-order valence-corrected chi connectivity index (χ3v) is 8.77. The molecule has 0 aliphatic heterocycles. The number of hydrogen-bond acceptors (Lipinski definition) is 4. The summed E-state index contributed by atoms with van der Waals surface area (Å²) in [5, 5.41) is 19.1. The van der Waals surface area contributed by atoms with Gasteiger partial charge in [-0.2, -0.15) is 0 Å². The van der Waals surface area contributed by atoms with Gasteiger partial charge in [0.15, 0.2) is 0 Å². The van der Waals surface area contributed by atoms with Crippen LogP contribution in [0.3, 0.4) is 0 Å². The van der Waals surface area contributed by atoms with Crippen LogP contribution in [0.4, 0.5) is 0 Å². The summed E-state index contributed by atoms with van der Waals surface area (Å²) in [5.41, 5.74) is 7.70. The van der Waals surface area contributed by atoms with Gasteiger partial charge in [0.25, 0.3) is 0 Å². The van der Waals surface area contributed by atoms with Gasteiger partial charge in [0, 0.05) is 5.41 Å². The van der Waals surface area contributed by atoms with E-state index < -0.39 is 0 Å². The van der Waals surface area contributed by atoms with Crippen molar-refractivity contribution in [1.82, 2.24) is 0 Å². The van der Waals surface area contributed by atoms with Crippen molar-refractivity contribution in [2.75, 3.05) is 26.4 Å². The molecule has 3 rings (SSSR count). The first kappa shape index (κ1) is 32.5. The van der Waals surface area contributed by atoms with E-state index in [0.29, 0.717) is 36.9 Å². The van der Waals surface area contributed by atoms with Gasteiger partial charge >= 0.3 is 0 Å². The van der Waals surface area contributed by atoms with Crippen molar-refractivity contribution in [1.29, 1.82) is 0 Å². The van der Waals surface area contributed by atoms with Crippen LogP contribution in [0.15, 0.2) is 24.3 Å². The van der Waals surface area contributed by atoms with E-state index in [0.717, 1.165) is 24.3 Å². The molecule has 0 atom stereocenters. The van der Waals surface area contributed by atoms with Gasteiger partial charge in [-0.25, -0.2) is 0 Å². The summed E-state index contributed by atoms with van der Waals surface area (Å²) >= 11 is 0. The topological polar surface area (TPSA) is 58.9 Å². The fourth-order valence-electron chi connectivity index (χ4n) is 6.50. The summed E-state index contributed by atoms with van der Waals surface area (Å²) in [6.45, 7) is 18.7. The van der Waals surface area contributed by atoms with Crippen LogP contribution in [-0.4, -0.2) is 36.6 Å². The Kier molecular flexibility index (Phi) is 12.0. The Hall–Kier alpha value is -2.04. The Morgan fingerprint density at radius 1 is 0.550 bits per heavy atom. The normalized spacial score (nSPS) is 16.1. The second kappa shape index (κ2) is 14.7. The number of aliphatic hydroxyl groups excluding tert-OH is 2. The Balaban J connectivity index is 2.38. The molecule has 0 radical (unpaired) electrons. The van der Waals surface area contributed by atoms with E-state index >= 15 is 0 Å². The van der Waals surface area contributed by atoms with Crippen LogP contribution in [-0.2, 0) is 5.41 Å². The highest BCUT2D eigenvalue weighted by atomic mass is 16.5. The van der Waals surface area contributed by atoms with Crippen molar-refractivity contribution in [2.45, 2.75) is 129 Å². The molecule has 0 heterocycles. The lowest BCUT2D eigenvalue weighted by atomic mass is 9.65. The average molecular weight is 553 g/mol. The van der Waals surface area contributed by atoms with Crippen LogP contribution >= 0.6 is 0 Å². The van der Waals surface area contributed by atoms with Gasteiger partial charge in [0.2, 0.25) is 0 Å². The summed E-state index contributed by atoms with van der Waals surface area (Å²) in [7, 11) is 0. The van der Waals surface area contributed by atoms with Crippen LogP contribution in [0.1, 0.15) is 157 Å². The van der Waals surface area contributed by atoms with Gasteiger partial charge < -0.3 is 19.7 Å². The molecular formula is C36H56O4. The Morgan fingerprint density at radius 3 is 1.12 bits per heavy atom. The zero-order valence-electron chi connectivity index (χ0n) is 26.6. The van der Waals surface area contributed by atoms with E-state index in [4.69, 9.17) is 9.47 Å². The zero-order valence-corrected chi connectivity index (χ0v) is 26.6. The van der Waals surface area contributed by atoms with Crippen LogP contribution < -0.4 is 9.47 Å². The molecule has 2 aromatic rings. The molecule has 2 aromatic carbocycles. The molecule has 0 bridgehead atoms. The Labute approximate surface area is 244 Å². The highest BCUT2D eigenvalue weighted by molar-refractivity contribution is 5.56. The predicted molar refractivity (Wildman–Crippen MR) is 168 cm³/mol. The Morgan fingerprint density at radius 2 is 0.850 bits per heavy atom. The molecule has 2 N–H and O–H groups in total. The monoisotopic (exact) mass is 552 g/mol. The molecule has 0 aromatic heterocycles. The largest absolute Gasteiger partial charge is 0.491 e. The number of aliphatic hydroxyl groups is 2. The molecule has 40 heavy (non-hydrogen) atoms. The lowest BCUT2D eigenvalue weighted by molar-refractivity contribution is 0.198. The number of rotatable bonds is 12. The highest BCUT2D eigenvalue weighted by Gasteiger charge is 2.37. The van der Waals surface area contributed by atoms with Gasteiger partial charge in [-0.15, -0.1) is 0 Å². The SMILES string of the molecule is CC(C)c1cc(C2(c3cc(C(C)C)c(OCCO)c(C(C)C)c3)CCCCCCC2)cc(C(C)C)c1OCCO. The van der Waals surface area contributed by atoms with Crippen molar-refractivity contribution in [3.8, 4) is 11.5 Å². The smallest absolute Gasteiger partial charge is 0.126 e. The van der Waals surface area contributed by atoms with E-state index in [1.165, 1.54) is 65.5 Å². The van der Waals surface area contributed by atoms with Crippen molar-refractivity contribution >= 4 is 0 Å². The summed E-state index contributed by atoms with van der Waals surface area (Å²) < 4.78 is 12.5. The van der Waals surface area contributed by atoms with Gasteiger partial charge in [0.1, 0.15) is 24.7 Å². The third kappa shape index (κ3) is 7.23. The lowest BCUT2D eigenvalue weighted by Gasteiger charge is -2.39. The van der Waals surface area contributed by atoms with Crippen molar-refractivity contribution in [3.63, 3.8) is 0 Å². The van der Waals surface area contributed by atoms with E-state index in [1.54, 1.807) is 0 Å². The molecule has 1 fully saturated rings. The second-order valence-corrected chi connectivity index (χ2v) is 13.1. The van der Waals surface area contributed by atoms with Crippen molar-refractivity contribution < 1.29 is 19.7 Å². The van der Waals surface area contributed by atoms with Crippen molar-refractivity contribution in [3.05, 3.63) is 57.6 Å². The van der Waals surface area contributed by atoms with Crippen LogP contribution in [0, 0.1) is 0 Å². The van der Waals surface area contributed by atoms with E-state index in [9.17, 15) is 10.2 Å². The zero-order chi connectivity index (χ0) is 29.4. The van der Waals surface area contributed by atoms with Crippen LogP contribution in [0.2, 0.25) is 0 Å². The standard InChI is InChI=1S/C36H56O4/c1-24(2)30-20-28(21-31(25(3)4)34(30)39-18-16-37)36(14-12-10-9-11-13-15-36)29-22-32(26(5)6)35(40-19-17-38)33(23-29)27(7)8/h20-27,37-38H,9-19H2,1-8H3. The first-order chi connectivity index (χ1) is 19.1. The molecule has 1 saturated carbocycles. The average Bonchev–Trinajstić information content (AvgIpc) is 2.89. The van der Waals surface area contributed by atoms with E-state index in [1.807, 2.05) is 0 Å². The molecule has 224 valence electrons. The van der Waals surface area contributed by atoms with Gasteiger partial charge in [-0.1, -0.05) is 112 Å². The molecule has 0 spiro atoms. The van der Waals surface area contributed by atoms with Crippen molar-refractivity contribution in [2.24, 2.45) is 0 Å². The van der Waals surface area contributed by atoms with Gasteiger partial charge in [-0.05, 0) is 69.9 Å². The third-order valence-electron chi connectivity index (χ3n) is 8.77. The number of benzene rings is 2. The lowest BCUT2D eigenvalue weighted by Crippen LogP contribution is -2.30. The predicted octanol–water partition coefficient (Wildman–Crippen LogP) is 8.95. The summed E-state index contributed by atoms with van der Waals surface area (Å²) in [6, 6.07) is 9.74. The molecule has 1 aliphatic carbocycles. The minimum absolute atomic E-state index is 0.0153. The van der Waals surface area contributed by atoms with Gasteiger partial charge in [0.05, 0.1) is 13.2 Å². The molecule has 0 amide bonds. The molecule has 1 aliphatic rings. The maximum absolute atomic E-state index is 9.56. The van der Waals surface area contributed by atoms with E-state index in [-0.39, 0.29) is 18.6 Å². The summed E-state index contributed by atoms with van der Waals surface area (Å²) in [5.74, 6) is 3.16. The summed E-state index contributed by atoms with van der Waals surface area (Å²) in [6.07, 6.45) is 8.57. The maximum atomic E-state index is 9.56. The van der Waals surface area contributed by atoms with Crippen LogP contribution in [0.25, 0.3) is 0 Å². The number of hydrogen-bond donors (Lipinski definition) is 2. The first-order valence-corrected chi connectivity index (χ1v) is 15.9. The fourth-order valence-corrected chi connectivity index (χ4v) is 6.50. The number of ether oxygens (including phenoxy) is 2. The molecule has 4 nitrogen and oxygen atoms in total. The quantitative estimate of drug-likeness (QED) is 0.276. The molecule has 4 heteroatoms. The minimum Gasteiger partial charge on any atom is -0.491 e. The van der Waals surface area contributed by atoms with Gasteiger partial charge in [-0.3, -0.25) is 0 Å². The van der Waals surface area contributed by atoms with E-state index in [2.05, 4.69) is 79.7 Å². The van der Waals surface area contributed by atoms with Crippen LogP contribution in [0.5, 0.6) is 11.5 Å². The maximum Gasteiger partial charge on any atom is 0.126 e. The molecule has 0 unspecified atom stereocenters. The minimum atomic E-state index is -0.0913. The summed E-state index contributed by atoms with van der Waals surface area (Å²) in [4.78, 5) is 0. The second-order valence-electron chi connectivity index (χ2n) is 13.1. The first-order valence-electron chi connectivity index (χ1n) is 15.9. The molecule has 0 saturated heterocycles. The fraction of sp³-hybridized carbons (Fsp3) is 0.667. The Bertz CT molecular complexity index is 939. The molecular weight excluding hydrogens is 496 g/mol. The highest BCUT2D eigenvalue weighted by Crippen LogP contribution is 2.49.